The Morgan fingerprint density at radius 1 is 1.52 bits per heavy atom. The number of hydrogen-bond donors (Lipinski definition) is 2. The van der Waals surface area contributed by atoms with Gasteiger partial charge in [0.05, 0.1) is 13.2 Å². The van der Waals surface area contributed by atoms with Gasteiger partial charge in [0.1, 0.15) is 5.82 Å². The molecule has 1 saturated heterocycles. The van der Waals surface area contributed by atoms with Crippen molar-refractivity contribution >= 4 is 34.2 Å². The minimum atomic E-state index is -0.246. The van der Waals surface area contributed by atoms with E-state index in [9.17, 15) is 9.18 Å². The lowest BCUT2D eigenvalue weighted by Crippen LogP contribution is -2.44. The summed E-state index contributed by atoms with van der Waals surface area (Å²) in [6, 6.07) is 4.89. The van der Waals surface area contributed by atoms with Crippen LogP contribution in [0.4, 0.5) is 4.39 Å². The van der Waals surface area contributed by atoms with E-state index in [-0.39, 0.29) is 30.2 Å². The van der Waals surface area contributed by atoms with Crippen molar-refractivity contribution in [3.63, 3.8) is 0 Å². The molecule has 0 saturated carbocycles. The molecule has 118 valence electrons. The summed E-state index contributed by atoms with van der Waals surface area (Å²) < 4.78 is 19.6. The first-order valence-corrected chi connectivity index (χ1v) is 7.46. The van der Waals surface area contributed by atoms with E-state index in [1.807, 2.05) is 0 Å². The topological polar surface area (TPSA) is 50.4 Å². The molecule has 1 fully saturated rings. The Bertz CT molecular complexity index is 470. The van der Waals surface area contributed by atoms with Gasteiger partial charge in [-0.15, -0.1) is 12.4 Å². The number of hydrogen-bond acceptors (Lipinski definition) is 3. The highest BCUT2D eigenvalue weighted by atomic mass is 79.9. The van der Waals surface area contributed by atoms with E-state index in [2.05, 4.69) is 26.6 Å². The van der Waals surface area contributed by atoms with Crippen LogP contribution < -0.4 is 10.6 Å². The zero-order valence-electron chi connectivity index (χ0n) is 11.5. The molecule has 1 heterocycles. The largest absolute Gasteiger partial charge is 0.378 e. The Morgan fingerprint density at radius 3 is 3.05 bits per heavy atom. The van der Waals surface area contributed by atoms with Crippen LogP contribution in [0.25, 0.3) is 0 Å². The van der Waals surface area contributed by atoms with Crippen molar-refractivity contribution in [2.24, 2.45) is 0 Å². The average molecular weight is 382 g/mol. The molecular weight excluding hydrogens is 363 g/mol. The highest BCUT2D eigenvalue weighted by Gasteiger charge is 2.16. The zero-order chi connectivity index (χ0) is 14.4. The minimum absolute atomic E-state index is 0. The van der Waals surface area contributed by atoms with Gasteiger partial charge in [0.25, 0.3) is 0 Å². The first-order valence-electron chi connectivity index (χ1n) is 6.67. The molecule has 4 nitrogen and oxygen atoms in total. The number of amides is 1. The van der Waals surface area contributed by atoms with Crippen molar-refractivity contribution in [1.29, 1.82) is 0 Å². The molecule has 2 rings (SSSR count). The van der Waals surface area contributed by atoms with E-state index >= 15 is 0 Å². The predicted molar refractivity (Wildman–Crippen MR) is 85.3 cm³/mol. The Morgan fingerprint density at radius 2 is 2.33 bits per heavy atom. The number of morpholine rings is 1. The van der Waals surface area contributed by atoms with Gasteiger partial charge >= 0.3 is 0 Å². The summed E-state index contributed by atoms with van der Waals surface area (Å²) in [4.78, 5) is 11.7. The molecule has 1 aromatic rings. The van der Waals surface area contributed by atoms with Gasteiger partial charge in [0, 0.05) is 30.0 Å². The van der Waals surface area contributed by atoms with Gasteiger partial charge in [0.2, 0.25) is 5.91 Å². The van der Waals surface area contributed by atoms with Gasteiger partial charge in [-0.1, -0.05) is 15.9 Å². The number of nitrogens with one attached hydrogen (secondary N) is 2. The highest BCUT2D eigenvalue weighted by Crippen LogP contribution is 2.15. The fourth-order valence-electron chi connectivity index (χ4n) is 2.12. The van der Waals surface area contributed by atoms with Crippen molar-refractivity contribution < 1.29 is 13.9 Å². The molecule has 1 aromatic carbocycles. The predicted octanol–water partition coefficient (Wildman–Crippen LogP) is 2.05. The molecular formula is C14H19BrClFN2O2. The van der Waals surface area contributed by atoms with Crippen molar-refractivity contribution in [2.75, 3.05) is 26.3 Å². The highest BCUT2D eigenvalue weighted by molar-refractivity contribution is 9.10. The van der Waals surface area contributed by atoms with Crippen molar-refractivity contribution in [3.8, 4) is 0 Å². The van der Waals surface area contributed by atoms with E-state index in [1.54, 1.807) is 12.1 Å². The molecule has 1 amide bonds. The van der Waals surface area contributed by atoms with E-state index in [4.69, 9.17) is 4.74 Å². The second-order valence-electron chi connectivity index (χ2n) is 4.77. The molecule has 0 aliphatic carbocycles. The van der Waals surface area contributed by atoms with Crippen LogP contribution in [-0.4, -0.2) is 38.3 Å². The van der Waals surface area contributed by atoms with Crippen LogP contribution in [0, 0.1) is 5.82 Å². The standard InChI is InChI=1S/C14H18BrFN2O2.ClH/c15-11-1-2-13(16)10(7-11)3-4-18-14(19)8-12-9-20-6-5-17-12;/h1-2,7,12,17H,3-6,8-9H2,(H,18,19);1H. The summed E-state index contributed by atoms with van der Waals surface area (Å²) in [5, 5.41) is 6.03. The third-order valence-corrected chi connectivity index (χ3v) is 3.65. The second-order valence-corrected chi connectivity index (χ2v) is 5.68. The third-order valence-electron chi connectivity index (χ3n) is 3.15. The summed E-state index contributed by atoms with van der Waals surface area (Å²) in [7, 11) is 0. The SMILES string of the molecule is Cl.O=C(CC1COCCN1)NCCc1cc(Br)ccc1F. The molecule has 0 spiro atoms. The van der Waals surface area contributed by atoms with Gasteiger partial charge in [0.15, 0.2) is 0 Å². The Labute approximate surface area is 138 Å². The molecule has 1 aliphatic rings. The summed E-state index contributed by atoms with van der Waals surface area (Å²) in [6.07, 6.45) is 0.868. The number of ether oxygens (including phenoxy) is 1. The van der Waals surface area contributed by atoms with Crippen LogP contribution in [0.5, 0.6) is 0 Å². The first kappa shape index (κ1) is 18.4. The molecule has 21 heavy (non-hydrogen) atoms. The van der Waals surface area contributed by atoms with Crippen molar-refractivity contribution in [3.05, 3.63) is 34.1 Å². The average Bonchev–Trinajstić information content (AvgIpc) is 2.44. The number of carbonyl (C=O) groups excluding carboxylic acids is 1. The van der Waals surface area contributed by atoms with Crippen LogP contribution in [0.3, 0.4) is 0 Å². The molecule has 0 aromatic heterocycles. The molecule has 1 aliphatic heterocycles. The normalized spacial score (nSPS) is 17.9. The van der Waals surface area contributed by atoms with Crippen LogP contribution in [0.2, 0.25) is 0 Å². The van der Waals surface area contributed by atoms with Gasteiger partial charge in [-0.25, -0.2) is 4.39 Å². The molecule has 2 N–H and O–H groups in total. The lowest BCUT2D eigenvalue weighted by Gasteiger charge is -2.23. The monoisotopic (exact) mass is 380 g/mol. The second kappa shape index (κ2) is 9.35. The lowest BCUT2D eigenvalue weighted by atomic mass is 10.1. The van der Waals surface area contributed by atoms with E-state index in [1.165, 1.54) is 6.07 Å². The molecule has 1 unspecified atom stereocenters. The number of carbonyl (C=O) groups is 1. The Balaban J connectivity index is 0.00000220. The van der Waals surface area contributed by atoms with E-state index in [0.29, 0.717) is 38.2 Å². The van der Waals surface area contributed by atoms with E-state index in [0.717, 1.165) is 11.0 Å². The maximum Gasteiger partial charge on any atom is 0.221 e. The van der Waals surface area contributed by atoms with Gasteiger partial charge in [-0.3, -0.25) is 4.79 Å². The summed E-state index contributed by atoms with van der Waals surface area (Å²) >= 11 is 3.31. The molecule has 7 heteroatoms. The van der Waals surface area contributed by atoms with Gasteiger partial charge < -0.3 is 15.4 Å². The summed E-state index contributed by atoms with van der Waals surface area (Å²) in [5.74, 6) is -0.284. The zero-order valence-corrected chi connectivity index (χ0v) is 13.9. The van der Waals surface area contributed by atoms with Crippen molar-refractivity contribution in [2.45, 2.75) is 18.9 Å². The Kier molecular flexibility index (Phi) is 8.18. The first-order chi connectivity index (χ1) is 9.65. The number of halogens is 3. The van der Waals surface area contributed by atoms with Crippen LogP contribution >= 0.6 is 28.3 Å². The third kappa shape index (κ3) is 6.30. The maximum absolute atomic E-state index is 13.5. The molecule has 0 radical (unpaired) electrons. The maximum atomic E-state index is 13.5. The molecule has 0 bridgehead atoms. The quantitative estimate of drug-likeness (QED) is 0.821. The minimum Gasteiger partial charge on any atom is -0.378 e. The van der Waals surface area contributed by atoms with Gasteiger partial charge in [-0.05, 0) is 30.2 Å². The number of rotatable bonds is 5. The Hall–Kier alpha value is -0.690. The van der Waals surface area contributed by atoms with Crippen LogP contribution in [-0.2, 0) is 16.0 Å². The fourth-order valence-corrected chi connectivity index (χ4v) is 2.53. The summed E-state index contributed by atoms with van der Waals surface area (Å²) in [5.41, 5.74) is 0.596. The summed E-state index contributed by atoms with van der Waals surface area (Å²) in [6.45, 7) is 2.47. The fraction of sp³-hybridized carbons (Fsp3) is 0.500. The number of benzene rings is 1. The lowest BCUT2D eigenvalue weighted by molar-refractivity contribution is -0.122. The van der Waals surface area contributed by atoms with E-state index < -0.39 is 0 Å². The van der Waals surface area contributed by atoms with Crippen LogP contribution in [0.1, 0.15) is 12.0 Å². The van der Waals surface area contributed by atoms with Crippen LogP contribution in [0.15, 0.2) is 22.7 Å². The smallest absolute Gasteiger partial charge is 0.221 e. The van der Waals surface area contributed by atoms with Gasteiger partial charge in [-0.2, -0.15) is 0 Å². The van der Waals surface area contributed by atoms with Crippen molar-refractivity contribution in [1.82, 2.24) is 10.6 Å². The molecule has 1 atom stereocenters.